The second-order valence-corrected chi connectivity index (χ2v) is 5.48. The molecule has 0 saturated carbocycles. The highest BCUT2D eigenvalue weighted by Crippen LogP contribution is 2.28. The fourth-order valence-electron chi connectivity index (χ4n) is 2.16. The summed E-state index contributed by atoms with van der Waals surface area (Å²) in [7, 11) is 0. The Labute approximate surface area is 145 Å². The summed E-state index contributed by atoms with van der Waals surface area (Å²) in [5.74, 6) is -0.987. The molecule has 9 heteroatoms. The number of H-pyrrole nitrogens is 1. The Hall–Kier alpha value is -3.26. The van der Waals surface area contributed by atoms with Crippen LogP contribution >= 0.6 is 11.6 Å². The lowest BCUT2D eigenvalue weighted by Crippen LogP contribution is -2.13. The molecule has 0 radical (unpaired) electrons. The number of nitro benzene ring substituents is 1. The van der Waals surface area contributed by atoms with Crippen molar-refractivity contribution < 1.29 is 14.1 Å². The first-order chi connectivity index (χ1) is 11.9. The highest BCUT2D eigenvalue weighted by atomic mass is 35.5. The third-order valence-corrected chi connectivity index (χ3v) is 3.60. The molecule has 25 heavy (non-hydrogen) atoms. The molecule has 126 valence electrons. The number of halogens is 2. The zero-order valence-electron chi connectivity index (χ0n) is 12.5. The number of carbonyl (C=O) groups excluding carboxylic acids is 1. The van der Waals surface area contributed by atoms with Crippen molar-refractivity contribution in [3.8, 4) is 11.3 Å². The predicted octanol–water partition coefficient (Wildman–Crippen LogP) is 4.03. The van der Waals surface area contributed by atoms with Gasteiger partial charge in [-0.05, 0) is 42.5 Å². The molecule has 0 aliphatic carbocycles. The molecule has 1 aromatic heterocycles. The summed E-state index contributed by atoms with van der Waals surface area (Å²) in [4.78, 5) is 22.7. The summed E-state index contributed by atoms with van der Waals surface area (Å²) in [5.41, 5.74) is 0.852. The fourth-order valence-corrected chi connectivity index (χ4v) is 2.32. The lowest BCUT2D eigenvalue weighted by Gasteiger charge is -2.04. The number of amides is 1. The maximum absolute atomic E-state index is 13.0. The van der Waals surface area contributed by atoms with Crippen LogP contribution in [0, 0.1) is 15.9 Å². The van der Waals surface area contributed by atoms with Gasteiger partial charge in [-0.25, -0.2) is 4.39 Å². The highest BCUT2D eigenvalue weighted by molar-refractivity contribution is 6.31. The van der Waals surface area contributed by atoms with Gasteiger partial charge >= 0.3 is 0 Å². The van der Waals surface area contributed by atoms with Gasteiger partial charge in [0.2, 0.25) is 0 Å². The number of aromatic nitrogens is 2. The van der Waals surface area contributed by atoms with E-state index in [1.807, 2.05) is 0 Å². The summed E-state index contributed by atoms with van der Waals surface area (Å²) in [6.45, 7) is 0. The topological polar surface area (TPSA) is 101 Å². The molecule has 0 bridgehead atoms. The lowest BCUT2D eigenvalue weighted by molar-refractivity contribution is -0.383. The van der Waals surface area contributed by atoms with Crippen LogP contribution in [0.2, 0.25) is 5.02 Å². The van der Waals surface area contributed by atoms with Gasteiger partial charge in [-0.3, -0.25) is 20.0 Å². The quantitative estimate of drug-likeness (QED) is 0.541. The van der Waals surface area contributed by atoms with Crippen LogP contribution in [0.5, 0.6) is 0 Å². The first-order valence-corrected chi connectivity index (χ1v) is 7.38. The smallest absolute Gasteiger partial charge is 0.294 e. The number of nitro groups is 1. The van der Waals surface area contributed by atoms with Crippen LogP contribution in [-0.2, 0) is 0 Å². The standard InChI is InChI=1S/C16H10ClFN4O3/c17-10-3-6-12(15(7-10)22(24)25)19-16(23)14-8-13(20-21-14)9-1-4-11(18)5-2-9/h1-8H,(H,19,23)(H,20,21). The van der Waals surface area contributed by atoms with Gasteiger partial charge in [0.1, 0.15) is 17.2 Å². The molecular formula is C16H10ClFN4O3. The summed E-state index contributed by atoms with van der Waals surface area (Å²) in [5, 5.41) is 20.2. The van der Waals surface area contributed by atoms with E-state index in [-0.39, 0.29) is 27.9 Å². The second kappa shape index (κ2) is 6.70. The Balaban J connectivity index is 1.83. The maximum Gasteiger partial charge on any atom is 0.294 e. The monoisotopic (exact) mass is 360 g/mol. The number of carbonyl (C=O) groups is 1. The van der Waals surface area contributed by atoms with Crippen molar-refractivity contribution in [1.82, 2.24) is 10.2 Å². The van der Waals surface area contributed by atoms with E-state index >= 15 is 0 Å². The Morgan fingerprint density at radius 1 is 1.20 bits per heavy atom. The van der Waals surface area contributed by atoms with Gasteiger partial charge < -0.3 is 5.32 Å². The average molecular weight is 361 g/mol. The molecule has 0 fully saturated rings. The van der Waals surface area contributed by atoms with Crippen LogP contribution < -0.4 is 5.32 Å². The van der Waals surface area contributed by atoms with Crippen molar-refractivity contribution >= 4 is 28.9 Å². The molecule has 1 amide bonds. The molecule has 0 atom stereocenters. The van der Waals surface area contributed by atoms with E-state index in [1.54, 1.807) is 0 Å². The van der Waals surface area contributed by atoms with Crippen LogP contribution in [0.15, 0.2) is 48.5 Å². The molecule has 0 spiro atoms. The fraction of sp³-hybridized carbons (Fsp3) is 0. The molecule has 1 heterocycles. The van der Waals surface area contributed by atoms with Crippen molar-refractivity contribution in [2.75, 3.05) is 5.32 Å². The summed E-state index contributed by atoms with van der Waals surface area (Å²) >= 11 is 5.74. The van der Waals surface area contributed by atoms with Gasteiger partial charge in [0.25, 0.3) is 11.6 Å². The molecule has 0 aliphatic rings. The van der Waals surface area contributed by atoms with Crippen LogP contribution in [0.1, 0.15) is 10.5 Å². The SMILES string of the molecule is O=C(Nc1ccc(Cl)cc1[N+](=O)[O-])c1cc(-c2ccc(F)cc2)n[nH]1. The third-order valence-electron chi connectivity index (χ3n) is 3.37. The van der Waals surface area contributed by atoms with Crippen LogP contribution in [0.3, 0.4) is 0 Å². The Kier molecular flexibility index (Phi) is 4.44. The molecule has 2 aromatic carbocycles. The number of benzene rings is 2. The summed E-state index contributed by atoms with van der Waals surface area (Å²) in [6, 6.07) is 11.0. The van der Waals surface area contributed by atoms with Gasteiger partial charge in [0.15, 0.2) is 0 Å². The minimum absolute atomic E-state index is 0.0114. The molecule has 0 saturated heterocycles. The molecule has 0 aliphatic heterocycles. The Morgan fingerprint density at radius 3 is 2.60 bits per heavy atom. The second-order valence-electron chi connectivity index (χ2n) is 5.05. The van der Waals surface area contributed by atoms with E-state index in [0.717, 1.165) is 6.07 Å². The number of nitrogens with one attached hydrogen (secondary N) is 2. The zero-order chi connectivity index (χ0) is 18.0. The first kappa shape index (κ1) is 16.6. The molecule has 7 nitrogen and oxygen atoms in total. The van der Waals surface area contributed by atoms with Crippen molar-refractivity contribution in [3.05, 3.63) is 75.2 Å². The van der Waals surface area contributed by atoms with Crippen molar-refractivity contribution in [1.29, 1.82) is 0 Å². The third kappa shape index (κ3) is 3.64. The van der Waals surface area contributed by atoms with Crippen molar-refractivity contribution in [2.45, 2.75) is 0 Å². The number of hydrogen-bond donors (Lipinski definition) is 2. The Bertz CT molecular complexity index is 956. The largest absolute Gasteiger partial charge is 0.315 e. The average Bonchev–Trinajstić information content (AvgIpc) is 3.07. The zero-order valence-corrected chi connectivity index (χ0v) is 13.2. The van der Waals surface area contributed by atoms with E-state index < -0.39 is 10.8 Å². The first-order valence-electron chi connectivity index (χ1n) is 7.00. The van der Waals surface area contributed by atoms with E-state index in [4.69, 9.17) is 11.6 Å². The van der Waals surface area contributed by atoms with Crippen molar-refractivity contribution in [2.24, 2.45) is 0 Å². The molecule has 3 rings (SSSR count). The Morgan fingerprint density at radius 2 is 1.92 bits per heavy atom. The van der Waals surface area contributed by atoms with Crippen molar-refractivity contribution in [3.63, 3.8) is 0 Å². The number of aromatic amines is 1. The van der Waals surface area contributed by atoms with Gasteiger partial charge in [-0.15, -0.1) is 0 Å². The number of rotatable bonds is 4. The van der Waals surface area contributed by atoms with Gasteiger partial charge in [-0.1, -0.05) is 11.6 Å². The number of hydrogen-bond acceptors (Lipinski definition) is 4. The number of nitrogens with zero attached hydrogens (tertiary/aromatic N) is 2. The maximum atomic E-state index is 13.0. The normalized spacial score (nSPS) is 10.5. The van der Waals surface area contributed by atoms with E-state index in [9.17, 15) is 19.3 Å². The van der Waals surface area contributed by atoms with Gasteiger partial charge in [0.05, 0.1) is 10.6 Å². The summed E-state index contributed by atoms with van der Waals surface area (Å²) in [6.07, 6.45) is 0. The predicted molar refractivity (Wildman–Crippen MR) is 90.0 cm³/mol. The van der Waals surface area contributed by atoms with Crippen LogP contribution in [-0.4, -0.2) is 21.0 Å². The van der Waals surface area contributed by atoms with Gasteiger partial charge in [0, 0.05) is 16.7 Å². The number of anilines is 1. The van der Waals surface area contributed by atoms with Crippen LogP contribution in [0.4, 0.5) is 15.8 Å². The molecule has 0 unspecified atom stereocenters. The molecular weight excluding hydrogens is 351 g/mol. The van der Waals surface area contributed by atoms with E-state index in [2.05, 4.69) is 15.5 Å². The molecule has 3 aromatic rings. The lowest BCUT2D eigenvalue weighted by atomic mass is 10.1. The summed E-state index contributed by atoms with van der Waals surface area (Å²) < 4.78 is 13.0. The van der Waals surface area contributed by atoms with Gasteiger partial charge in [-0.2, -0.15) is 5.10 Å². The van der Waals surface area contributed by atoms with E-state index in [1.165, 1.54) is 42.5 Å². The van der Waals surface area contributed by atoms with Crippen LogP contribution in [0.25, 0.3) is 11.3 Å². The minimum Gasteiger partial charge on any atom is -0.315 e. The highest BCUT2D eigenvalue weighted by Gasteiger charge is 2.18. The molecule has 2 N–H and O–H groups in total. The minimum atomic E-state index is -0.640. The van der Waals surface area contributed by atoms with E-state index in [0.29, 0.717) is 11.3 Å².